The van der Waals surface area contributed by atoms with Crippen LogP contribution in [0.2, 0.25) is 0 Å². The van der Waals surface area contributed by atoms with E-state index in [0.29, 0.717) is 11.5 Å². The summed E-state index contributed by atoms with van der Waals surface area (Å²) in [5, 5.41) is 8.90. The fourth-order valence-corrected chi connectivity index (χ4v) is 1.55. The minimum absolute atomic E-state index is 0.427. The third-order valence-electron chi connectivity index (χ3n) is 2.43. The Morgan fingerprint density at radius 2 is 2.29 bits per heavy atom. The Bertz CT molecular complexity index is 438. The Morgan fingerprint density at radius 1 is 1.50 bits per heavy atom. The quantitative estimate of drug-likeness (QED) is 0.673. The fourth-order valence-electron chi connectivity index (χ4n) is 1.55. The molecule has 70 valence electrons. The first-order valence-corrected chi connectivity index (χ1v) is 4.68. The predicted octanol–water partition coefficient (Wildman–Crippen LogP) is 2.24. The number of aliphatic imine (C=N–C) groups is 1. The van der Waals surface area contributed by atoms with Crippen molar-refractivity contribution in [2.24, 2.45) is 10.9 Å². The zero-order valence-electron chi connectivity index (χ0n) is 8.28. The smallest absolute Gasteiger partial charge is 0.156 e. The average Bonchev–Trinajstić information content (AvgIpc) is 2.60. The third-order valence-corrected chi connectivity index (χ3v) is 2.43. The second-order valence-electron chi connectivity index (χ2n) is 3.71. The largest absolute Gasteiger partial charge is 0.237 e. The molecule has 0 aliphatic carbocycles. The van der Waals surface area contributed by atoms with Crippen LogP contribution in [-0.4, -0.2) is 10.7 Å². The van der Waals surface area contributed by atoms with Gasteiger partial charge in [0.25, 0.3) is 0 Å². The molecule has 2 heterocycles. The molecule has 0 spiro atoms. The van der Waals surface area contributed by atoms with Crippen LogP contribution in [0.1, 0.15) is 25.0 Å². The molecule has 3 nitrogen and oxygen atoms in total. The van der Waals surface area contributed by atoms with Crippen LogP contribution < -0.4 is 0 Å². The molecule has 0 atom stereocenters. The molecule has 0 fully saturated rings. The molecule has 1 aliphatic heterocycles. The third kappa shape index (κ3) is 1.29. The van der Waals surface area contributed by atoms with Gasteiger partial charge >= 0.3 is 0 Å². The van der Waals surface area contributed by atoms with E-state index in [9.17, 15) is 0 Å². The second-order valence-corrected chi connectivity index (χ2v) is 3.71. The summed E-state index contributed by atoms with van der Waals surface area (Å²) in [7, 11) is 0. The van der Waals surface area contributed by atoms with Gasteiger partial charge in [-0.15, -0.1) is 0 Å². The van der Waals surface area contributed by atoms with Gasteiger partial charge in [-0.3, -0.25) is 0 Å². The average molecular weight is 185 g/mol. The highest BCUT2D eigenvalue weighted by Gasteiger charge is 2.20. The normalized spacial score (nSPS) is 13.7. The molecular formula is C11H11N3. The van der Waals surface area contributed by atoms with E-state index in [2.05, 4.69) is 29.9 Å². The highest BCUT2D eigenvalue weighted by molar-refractivity contribution is 5.95. The van der Waals surface area contributed by atoms with Crippen molar-refractivity contribution in [3.8, 4) is 6.07 Å². The van der Waals surface area contributed by atoms with Crippen LogP contribution in [0.15, 0.2) is 17.3 Å². The van der Waals surface area contributed by atoms with Gasteiger partial charge in [0, 0.05) is 23.9 Å². The van der Waals surface area contributed by atoms with Crippen molar-refractivity contribution in [2.75, 3.05) is 0 Å². The van der Waals surface area contributed by atoms with Crippen molar-refractivity contribution in [2.45, 2.75) is 20.3 Å². The molecule has 0 saturated carbocycles. The topological polar surface area (TPSA) is 49.0 Å². The Hall–Kier alpha value is -1.69. The van der Waals surface area contributed by atoms with Crippen molar-refractivity contribution in [1.82, 2.24) is 4.98 Å². The van der Waals surface area contributed by atoms with E-state index in [-0.39, 0.29) is 0 Å². The Kier molecular flexibility index (Phi) is 2.05. The molecule has 1 aromatic heterocycles. The van der Waals surface area contributed by atoms with Gasteiger partial charge in [-0.05, 0) is 12.0 Å². The molecule has 0 saturated heterocycles. The van der Waals surface area contributed by atoms with Crippen LogP contribution in [0.4, 0.5) is 5.82 Å². The predicted molar refractivity (Wildman–Crippen MR) is 54.6 cm³/mol. The fraction of sp³-hybridized carbons (Fsp3) is 0.364. The standard InChI is InChI=1S/C11H11N3/c1-7(2)10-5-9-8(6-12)3-4-13-11(9)14-10/h3-4,7H,5H2,1-2H3. The van der Waals surface area contributed by atoms with Crippen LogP contribution in [-0.2, 0) is 6.42 Å². The van der Waals surface area contributed by atoms with E-state index in [1.165, 1.54) is 0 Å². The van der Waals surface area contributed by atoms with E-state index in [1.807, 2.05) is 0 Å². The highest BCUT2D eigenvalue weighted by atomic mass is 14.9. The Labute approximate surface area is 83.1 Å². The van der Waals surface area contributed by atoms with E-state index < -0.39 is 0 Å². The number of nitrogens with zero attached hydrogens (tertiary/aromatic N) is 3. The Balaban J connectivity index is 2.45. The lowest BCUT2D eigenvalue weighted by atomic mass is 10.0. The number of rotatable bonds is 1. The van der Waals surface area contributed by atoms with Crippen molar-refractivity contribution < 1.29 is 0 Å². The van der Waals surface area contributed by atoms with Crippen molar-refractivity contribution in [3.63, 3.8) is 0 Å². The summed E-state index contributed by atoms with van der Waals surface area (Å²) < 4.78 is 0. The van der Waals surface area contributed by atoms with Crippen LogP contribution in [0.5, 0.6) is 0 Å². The lowest BCUT2D eigenvalue weighted by Gasteiger charge is -2.02. The molecular weight excluding hydrogens is 174 g/mol. The monoisotopic (exact) mass is 185 g/mol. The van der Waals surface area contributed by atoms with Gasteiger partial charge in [-0.25, -0.2) is 9.98 Å². The zero-order chi connectivity index (χ0) is 10.1. The number of pyridine rings is 1. The lowest BCUT2D eigenvalue weighted by Crippen LogP contribution is -2.06. The maximum Gasteiger partial charge on any atom is 0.156 e. The molecule has 0 amide bonds. The first-order valence-electron chi connectivity index (χ1n) is 4.68. The molecule has 1 aliphatic rings. The zero-order valence-corrected chi connectivity index (χ0v) is 8.28. The van der Waals surface area contributed by atoms with Gasteiger partial charge in [0.15, 0.2) is 5.82 Å². The molecule has 14 heavy (non-hydrogen) atoms. The van der Waals surface area contributed by atoms with Crippen LogP contribution >= 0.6 is 0 Å². The summed E-state index contributed by atoms with van der Waals surface area (Å²) in [4.78, 5) is 8.58. The molecule has 0 bridgehead atoms. The first kappa shape index (κ1) is 8.89. The highest BCUT2D eigenvalue weighted by Crippen LogP contribution is 2.28. The molecule has 3 heteroatoms. The van der Waals surface area contributed by atoms with E-state index in [1.54, 1.807) is 12.3 Å². The van der Waals surface area contributed by atoms with Crippen LogP contribution in [0.3, 0.4) is 0 Å². The van der Waals surface area contributed by atoms with Gasteiger partial charge in [-0.2, -0.15) is 5.26 Å². The number of aromatic nitrogens is 1. The van der Waals surface area contributed by atoms with Crippen LogP contribution in [0, 0.1) is 17.2 Å². The molecule has 1 aromatic rings. The number of hydrogen-bond acceptors (Lipinski definition) is 3. The van der Waals surface area contributed by atoms with Gasteiger partial charge in [-0.1, -0.05) is 13.8 Å². The van der Waals surface area contributed by atoms with E-state index >= 15 is 0 Å². The number of fused-ring (bicyclic) bond motifs is 1. The maximum atomic E-state index is 8.90. The number of nitriles is 1. The second kappa shape index (κ2) is 3.22. The number of hydrogen-bond donors (Lipinski definition) is 0. The SMILES string of the molecule is CC(C)C1=Nc2nccc(C#N)c2C1. The summed E-state index contributed by atoms with van der Waals surface area (Å²) in [6.45, 7) is 4.22. The minimum Gasteiger partial charge on any atom is -0.237 e. The summed E-state index contributed by atoms with van der Waals surface area (Å²) in [5.74, 6) is 1.16. The first-order chi connectivity index (χ1) is 6.72. The molecule has 0 unspecified atom stereocenters. The Morgan fingerprint density at radius 3 is 2.93 bits per heavy atom. The van der Waals surface area contributed by atoms with Gasteiger partial charge in [0.05, 0.1) is 11.6 Å². The van der Waals surface area contributed by atoms with E-state index in [4.69, 9.17) is 5.26 Å². The summed E-state index contributed by atoms with van der Waals surface area (Å²) in [6.07, 6.45) is 2.42. The minimum atomic E-state index is 0.427. The molecule has 0 N–H and O–H groups in total. The summed E-state index contributed by atoms with van der Waals surface area (Å²) in [6, 6.07) is 3.92. The van der Waals surface area contributed by atoms with Gasteiger partial charge in [0.2, 0.25) is 0 Å². The van der Waals surface area contributed by atoms with Crippen molar-refractivity contribution in [1.29, 1.82) is 5.26 Å². The lowest BCUT2D eigenvalue weighted by molar-refractivity contribution is 0.871. The van der Waals surface area contributed by atoms with Gasteiger partial charge in [0.1, 0.15) is 0 Å². The van der Waals surface area contributed by atoms with E-state index in [0.717, 1.165) is 23.5 Å². The van der Waals surface area contributed by atoms with Crippen molar-refractivity contribution in [3.05, 3.63) is 23.4 Å². The van der Waals surface area contributed by atoms with Crippen molar-refractivity contribution >= 4 is 11.5 Å². The maximum absolute atomic E-state index is 8.90. The molecule has 2 rings (SSSR count). The van der Waals surface area contributed by atoms with Crippen LogP contribution in [0.25, 0.3) is 0 Å². The summed E-state index contributed by atoms with van der Waals surface area (Å²) in [5.41, 5.74) is 2.81. The molecule has 0 radical (unpaired) electrons. The molecule has 0 aromatic carbocycles. The summed E-state index contributed by atoms with van der Waals surface area (Å²) >= 11 is 0. The van der Waals surface area contributed by atoms with Gasteiger partial charge < -0.3 is 0 Å².